The molecule has 1 aromatic heterocycles. The predicted octanol–water partition coefficient (Wildman–Crippen LogP) is 2.77. The number of amides is 3. The smallest absolute Gasteiger partial charge is 0.315 e. The number of H-pyrrole nitrogens is 1. The van der Waals surface area contributed by atoms with Crippen molar-refractivity contribution in [3.05, 3.63) is 66.0 Å². The monoisotopic (exact) mass is 391 g/mol. The van der Waals surface area contributed by atoms with Gasteiger partial charge in [0.05, 0.1) is 23.5 Å². The van der Waals surface area contributed by atoms with E-state index in [0.29, 0.717) is 25.3 Å². The second-order valence-electron chi connectivity index (χ2n) is 7.47. The number of benzene rings is 2. The van der Waals surface area contributed by atoms with Crippen LogP contribution < -0.4 is 10.6 Å². The molecule has 3 amide bonds. The first-order valence-electron chi connectivity index (χ1n) is 9.92. The van der Waals surface area contributed by atoms with E-state index < -0.39 is 0 Å². The van der Waals surface area contributed by atoms with Gasteiger partial charge in [-0.1, -0.05) is 42.5 Å². The van der Waals surface area contributed by atoms with E-state index in [9.17, 15) is 9.59 Å². The Morgan fingerprint density at radius 2 is 1.93 bits per heavy atom. The molecule has 4 rings (SSSR count). The fourth-order valence-electron chi connectivity index (χ4n) is 3.66. The normalized spacial score (nSPS) is 17.3. The number of nitrogens with zero attached hydrogens (tertiary/aromatic N) is 2. The van der Waals surface area contributed by atoms with Crippen molar-refractivity contribution in [2.24, 2.45) is 0 Å². The number of urea groups is 1. The van der Waals surface area contributed by atoms with Crippen LogP contribution in [0.15, 0.2) is 54.6 Å². The molecule has 1 saturated heterocycles. The van der Waals surface area contributed by atoms with Crippen molar-refractivity contribution >= 4 is 23.0 Å². The molecular weight excluding hydrogens is 366 g/mol. The van der Waals surface area contributed by atoms with E-state index in [-0.39, 0.29) is 24.0 Å². The SMILES string of the molecule is C[C@H](NC(=O)NC1CCN(C(=O)Cc2ccccc2)C1)c1nc2ccccc2[nH]1. The first-order chi connectivity index (χ1) is 14.1. The molecule has 150 valence electrons. The van der Waals surface area contributed by atoms with Crippen molar-refractivity contribution in [1.29, 1.82) is 0 Å². The maximum atomic E-state index is 12.5. The number of fused-ring (bicyclic) bond motifs is 1. The summed E-state index contributed by atoms with van der Waals surface area (Å²) in [5.41, 5.74) is 2.83. The minimum atomic E-state index is -0.250. The zero-order valence-electron chi connectivity index (χ0n) is 16.4. The van der Waals surface area contributed by atoms with Gasteiger partial charge in [0.25, 0.3) is 0 Å². The number of imidazole rings is 1. The van der Waals surface area contributed by atoms with Crippen molar-refractivity contribution in [1.82, 2.24) is 25.5 Å². The molecule has 2 aromatic carbocycles. The molecule has 0 spiro atoms. The molecule has 7 nitrogen and oxygen atoms in total. The van der Waals surface area contributed by atoms with Crippen molar-refractivity contribution in [3.63, 3.8) is 0 Å². The van der Waals surface area contributed by atoms with Crippen LogP contribution in [0.5, 0.6) is 0 Å². The summed E-state index contributed by atoms with van der Waals surface area (Å²) in [6.07, 6.45) is 1.15. The maximum absolute atomic E-state index is 12.5. The van der Waals surface area contributed by atoms with Crippen molar-refractivity contribution in [2.75, 3.05) is 13.1 Å². The number of nitrogens with one attached hydrogen (secondary N) is 3. The van der Waals surface area contributed by atoms with Gasteiger partial charge < -0.3 is 20.5 Å². The van der Waals surface area contributed by atoms with Gasteiger partial charge in [0, 0.05) is 19.1 Å². The molecule has 1 aliphatic rings. The quantitative estimate of drug-likeness (QED) is 0.625. The second kappa shape index (κ2) is 8.34. The number of likely N-dealkylation sites (tertiary alicyclic amines) is 1. The van der Waals surface area contributed by atoms with Crippen LogP contribution in [0.25, 0.3) is 11.0 Å². The average molecular weight is 391 g/mol. The molecule has 1 aliphatic heterocycles. The molecule has 1 fully saturated rings. The number of hydrogen-bond donors (Lipinski definition) is 3. The van der Waals surface area contributed by atoms with Crippen molar-refractivity contribution < 1.29 is 9.59 Å². The molecule has 3 aromatic rings. The molecule has 1 unspecified atom stereocenters. The minimum Gasteiger partial charge on any atom is -0.340 e. The Kier molecular flexibility index (Phi) is 5.46. The van der Waals surface area contributed by atoms with E-state index in [1.54, 1.807) is 0 Å². The highest BCUT2D eigenvalue weighted by atomic mass is 16.2. The fourth-order valence-corrected chi connectivity index (χ4v) is 3.66. The fraction of sp³-hybridized carbons (Fsp3) is 0.318. The molecule has 0 bridgehead atoms. The Morgan fingerprint density at radius 3 is 2.72 bits per heavy atom. The number of carbonyl (C=O) groups is 2. The zero-order chi connectivity index (χ0) is 20.2. The lowest BCUT2D eigenvalue weighted by Crippen LogP contribution is -2.44. The van der Waals surface area contributed by atoms with Crippen LogP contribution in [0, 0.1) is 0 Å². The van der Waals surface area contributed by atoms with Gasteiger partial charge in [-0.05, 0) is 31.0 Å². The number of hydrogen-bond acceptors (Lipinski definition) is 3. The van der Waals surface area contributed by atoms with Crippen molar-refractivity contribution in [3.8, 4) is 0 Å². The highest BCUT2D eigenvalue weighted by Gasteiger charge is 2.27. The van der Waals surface area contributed by atoms with Gasteiger partial charge in [-0.15, -0.1) is 0 Å². The van der Waals surface area contributed by atoms with Gasteiger partial charge >= 0.3 is 6.03 Å². The van der Waals surface area contributed by atoms with E-state index in [2.05, 4.69) is 20.6 Å². The molecule has 29 heavy (non-hydrogen) atoms. The van der Waals surface area contributed by atoms with Crippen LogP contribution >= 0.6 is 0 Å². The Hall–Kier alpha value is -3.35. The van der Waals surface area contributed by atoms with Gasteiger partial charge in [-0.3, -0.25) is 4.79 Å². The lowest BCUT2D eigenvalue weighted by molar-refractivity contribution is -0.129. The van der Waals surface area contributed by atoms with E-state index >= 15 is 0 Å². The highest BCUT2D eigenvalue weighted by molar-refractivity contribution is 5.80. The Morgan fingerprint density at radius 1 is 1.17 bits per heavy atom. The Balaban J connectivity index is 1.27. The summed E-state index contributed by atoms with van der Waals surface area (Å²) in [7, 11) is 0. The molecule has 0 saturated carbocycles. The Labute approximate surface area is 169 Å². The third kappa shape index (κ3) is 4.56. The van der Waals surface area contributed by atoms with Crippen molar-refractivity contribution in [2.45, 2.75) is 31.8 Å². The van der Waals surface area contributed by atoms with Gasteiger partial charge in [0.2, 0.25) is 5.91 Å². The summed E-state index contributed by atoms with van der Waals surface area (Å²) in [6.45, 7) is 3.09. The summed E-state index contributed by atoms with van der Waals surface area (Å²) in [6, 6.07) is 16.9. The standard InChI is InChI=1S/C22H25N5O2/c1-15(21-25-18-9-5-6-10-19(18)26-21)23-22(29)24-17-11-12-27(14-17)20(28)13-16-7-3-2-4-8-16/h2-10,15,17H,11-14H2,1H3,(H,25,26)(H2,23,24,29)/t15-,17?/m0/s1. The predicted molar refractivity (Wildman–Crippen MR) is 111 cm³/mol. The highest BCUT2D eigenvalue weighted by Crippen LogP contribution is 2.16. The molecule has 3 N–H and O–H groups in total. The van der Waals surface area contributed by atoms with Crippen LogP contribution in [-0.2, 0) is 11.2 Å². The first-order valence-corrected chi connectivity index (χ1v) is 9.92. The zero-order valence-corrected chi connectivity index (χ0v) is 16.4. The van der Waals surface area contributed by atoms with Gasteiger partial charge in [0.1, 0.15) is 5.82 Å². The van der Waals surface area contributed by atoms with E-state index in [1.165, 1.54) is 0 Å². The summed E-state index contributed by atoms with van der Waals surface area (Å²) < 4.78 is 0. The minimum absolute atomic E-state index is 0.0439. The number of rotatable bonds is 5. The van der Waals surface area contributed by atoms with Crippen LogP contribution in [-0.4, -0.2) is 45.9 Å². The number of carbonyl (C=O) groups excluding carboxylic acids is 2. The first kappa shape index (κ1) is 19.0. The third-order valence-electron chi connectivity index (χ3n) is 5.24. The van der Waals surface area contributed by atoms with Gasteiger partial charge in [-0.2, -0.15) is 0 Å². The van der Waals surface area contributed by atoms with E-state index in [4.69, 9.17) is 0 Å². The number of aromatic nitrogens is 2. The Bertz CT molecular complexity index is 968. The molecule has 7 heteroatoms. The maximum Gasteiger partial charge on any atom is 0.315 e. The topological polar surface area (TPSA) is 90.1 Å². The molecular formula is C22H25N5O2. The van der Waals surface area contributed by atoms with Gasteiger partial charge in [0.15, 0.2) is 0 Å². The molecule has 0 aliphatic carbocycles. The molecule has 2 atom stereocenters. The summed E-state index contributed by atoms with van der Waals surface area (Å²) in [5, 5.41) is 5.90. The summed E-state index contributed by atoms with van der Waals surface area (Å²) in [5.74, 6) is 0.809. The number of aromatic amines is 1. The second-order valence-corrected chi connectivity index (χ2v) is 7.47. The van der Waals surface area contributed by atoms with Crippen LogP contribution in [0.3, 0.4) is 0 Å². The lowest BCUT2D eigenvalue weighted by atomic mass is 10.1. The molecule has 0 radical (unpaired) electrons. The third-order valence-corrected chi connectivity index (χ3v) is 5.24. The van der Waals surface area contributed by atoms with Crippen LogP contribution in [0.2, 0.25) is 0 Å². The lowest BCUT2D eigenvalue weighted by Gasteiger charge is -2.18. The largest absolute Gasteiger partial charge is 0.340 e. The van der Waals surface area contributed by atoms with Gasteiger partial charge in [-0.25, -0.2) is 9.78 Å². The molecule has 2 heterocycles. The van der Waals surface area contributed by atoms with E-state index in [0.717, 1.165) is 23.0 Å². The summed E-state index contributed by atoms with van der Waals surface area (Å²) in [4.78, 5) is 34.5. The summed E-state index contributed by atoms with van der Waals surface area (Å²) >= 11 is 0. The number of para-hydroxylation sites is 2. The van der Waals surface area contributed by atoms with Crippen LogP contribution in [0.1, 0.15) is 30.8 Å². The average Bonchev–Trinajstić information content (AvgIpc) is 3.35. The van der Waals surface area contributed by atoms with Crippen LogP contribution in [0.4, 0.5) is 4.79 Å². The van der Waals surface area contributed by atoms with E-state index in [1.807, 2.05) is 66.4 Å².